The van der Waals surface area contributed by atoms with E-state index in [1.165, 1.54) is 19.3 Å². The Balaban J connectivity index is 1.39. The third-order valence-corrected chi connectivity index (χ3v) is 5.85. The van der Waals surface area contributed by atoms with Gasteiger partial charge in [0, 0.05) is 38.3 Å². The van der Waals surface area contributed by atoms with Crippen LogP contribution in [0.25, 0.3) is 0 Å². The highest BCUT2D eigenvalue weighted by atomic mass is 16.6. The number of urea groups is 1. The Hall–Kier alpha value is -2.77. The number of ether oxygens (including phenoxy) is 1. The lowest BCUT2D eigenvalue weighted by Gasteiger charge is -2.35. The fourth-order valence-corrected chi connectivity index (χ4v) is 3.94. The van der Waals surface area contributed by atoms with E-state index >= 15 is 0 Å². The van der Waals surface area contributed by atoms with Crippen LogP contribution >= 0.6 is 0 Å². The van der Waals surface area contributed by atoms with Gasteiger partial charge in [0.05, 0.1) is 0 Å². The number of amidine groups is 1. The quantitative estimate of drug-likeness (QED) is 0.518. The van der Waals surface area contributed by atoms with E-state index in [2.05, 4.69) is 5.32 Å². The average Bonchev–Trinajstić information content (AvgIpc) is 2.74. The lowest BCUT2D eigenvalue weighted by molar-refractivity contribution is 0.0401. The number of carbonyl (C=O) groups is 2. The summed E-state index contributed by atoms with van der Waals surface area (Å²) in [6, 6.07) is 7.09. The smallest absolute Gasteiger partial charge is 0.410 e. The number of nitrogens with two attached hydrogens (primary N) is 1. The zero-order valence-corrected chi connectivity index (χ0v) is 17.6. The molecule has 0 radical (unpaired) electrons. The van der Waals surface area contributed by atoms with Crippen LogP contribution in [0, 0.1) is 5.41 Å². The van der Waals surface area contributed by atoms with Crippen LogP contribution in [0.5, 0.6) is 0 Å². The highest BCUT2D eigenvalue weighted by Gasteiger charge is 2.26. The molecule has 0 spiro atoms. The SMILES string of the molecule is N=C(N)c1ccc(CNC(=O)N2CCN(C(=O)OC3CCCCCCC3)CC2)cc1. The van der Waals surface area contributed by atoms with Crippen molar-refractivity contribution in [2.75, 3.05) is 26.2 Å². The molecule has 30 heavy (non-hydrogen) atoms. The number of nitrogen functional groups attached to an aromatic ring is 1. The molecule has 8 heteroatoms. The molecule has 3 rings (SSSR count). The molecule has 1 aliphatic carbocycles. The Morgan fingerprint density at radius 1 is 0.967 bits per heavy atom. The Labute approximate surface area is 178 Å². The van der Waals surface area contributed by atoms with Crippen LogP contribution in [0.1, 0.15) is 56.1 Å². The van der Waals surface area contributed by atoms with E-state index in [0.717, 1.165) is 31.2 Å². The van der Waals surface area contributed by atoms with Crippen LogP contribution in [0.15, 0.2) is 24.3 Å². The van der Waals surface area contributed by atoms with Gasteiger partial charge in [0.25, 0.3) is 0 Å². The van der Waals surface area contributed by atoms with Gasteiger partial charge in [-0.3, -0.25) is 5.41 Å². The van der Waals surface area contributed by atoms with Crippen LogP contribution in [-0.4, -0.2) is 60.0 Å². The minimum Gasteiger partial charge on any atom is -0.446 e. The van der Waals surface area contributed by atoms with Crippen molar-refractivity contribution in [3.8, 4) is 0 Å². The van der Waals surface area contributed by atoms with Crippen LogP contribution < -0.4 is 11.1 Å². The number of piperazine rings is 1. The fraction of sp³-hybridized carbons (Fsp3) is 0.591. The maximum Gasteiger partial charge on any atom is 0.410 e. The number of amides is 3. The van der Waals surface area contributed by atoms with Crippen molar-refractivity contribution in [3.05, 3.63) is 35.4 Å². The Morgan fingerprint density at radius 3 is 2.13 bits per heavy atom. The zero-order chi connectivity index (χ0) is 21.3. The van der Waals surface area contributed by atoms with E-state index in [1.54, 1.807) is 21.9 Å². The number of benzene rings is 1. The van der Waals surface area contributed by atoms with Gasteiger partial charge in [-0.1, -0.05) is 43.5 Å². The molecule has 0 unspecified atom stereocenters. The molecule has 1 saturated carbocycles. The summed E-state index contributed by atoms with van der Waals surface area (Å²) < 4.78 is 5.74. The van der Waals surface area contributed by atoms with Crippen molar-refractivity contribution in [1.82, 2.24) is 15.1 Å². The van der Waals surface area contributed by atoms with E-state index in [1.807, 2.05) is 12.1 Å². The number of nitrogens with zero attached hydrogens (tertiary/aromatic N) is 2. The average molecular weight is 416 g/mol. The van der Waals surface area contributed by atoms with Gasteiger partial charge in [-0.25, -0.2) is 9.59 Å². The molecule has 1 aliphatic heterocycles. The number of nitrogens with one attached hydrogen (secondary N) is 2. The summed E-state index contributed by atoms with van der Waals surface area (Å²) >= 11 is 0. The second kappa shape index (κ2) is 10.8. The second-order valence-electron chi connectivity index (χ2n) is 8.09. The summed E-state index contributed by atoms with van der Waals surface area (Å²) in [6.07, 6.45) is 7.70. The Kier molecular flexibility index (Phi) is 7.93. The van der Waals surface area contributed by atoms with Crippen LogP contribution in [0.3, 0.4) is 0 Å². The molecule has 0 atom stereocenters. The van der Waals surface area contributed by atoms with Gasteiger partial charge in [0.1, 0.15) is 11.9 Å². The molecule has 1 heterocycles. The molecule has 3 amide bonds. The third kappa shape index (κ3) is 6.37. The normalized spacial score (nSPS) is 18.3. The van der Waals surface area contributed by atoms with Crippen molar-refractivity contribution in [2.45, 2.75) is 57.6 Å². The molecule has 4 N–H and O–H groups in total. The highest BCUT2D eigenvalue weighted by molar-refractivity contribution is 5.94. The van der Waals surface area contributed by atoms with E-state index in [4.69, 9.17) is 15.9 Å². The molecule has 1 aromatic rings. The van der Waals surface area contributed by atoms with E-state index in [-0.39, 0.29) is 24.1 Å². The lowest BCUT2D eigenvalue weighted by atomic mass is 9.99. The molecule has 2 fully saturated rings. The predicted molar refractivity (Wildman–Crippen MR) is 115 cm³/mol. The van der Waals surface area contributed by atoms with Gasteiger partial charge in [-0.05, 0) is 31.2 Å². The fourth-order valence-electron chi connectivity index (χ4n) is 3.94. The van der Waals surface area contributed by atoms with E-state index in [9.17, 15) is 9.59 Å². The molecular weight excluding hydrogens is 382 g/mol. The number of rotatable bonds is 4. The Bertz CT molecular complexity index is 721. The molecule has 8 nitrogen and oxygen atoms in total. The van der Waals surface area contributed by atoms with Crippen molar-refractivity contribution >= 4 is 18.0 Å². The van der Waals surface area contributed by atoms with Gasteiger partial charge in [0.15, 0.2) is 0 Å². The summed E-state index contributed by atoms with van der Waals surface area (Å²) in [7, 11) is 0. The molecule has 1 aromatic carbocycles. The van der Waals surface area contributed by atoms with E-state index in [0.29, 0.717) is 38.3 Å². The first-order valence-corrected chi connectivity index (χ1v) is 10.9. The number of carbonyl (C=O) groups excluding carboxylic acids is 2. The number of hydrogen-bond acceptors (Lipinski definition) is 4. The largest absolute Gasteiger partial charge is 0.446 e. The topological polar surface area (TPSA) is 112 Å². The maximum absolute atomic E-state index is 12.5. The van der Waals surface area contributed by atoms with Crippen molar-refractivity contribution in [1.29, 1.82) is 5.41 Å². The van der Waals surface area contributed by atoms with Crippen molar-refractivity contribution in [2.24, 2.45) is 5.73 Å². The minimum atomic E-state index is -0.244. The zero-order valence-electron chi connectivity index (χ0n) is 17.6. The summed E-state index contributed by atoms with van der Waals surface area (Å²) in [5.41, 5.74) is 7.05. The molecule has 2 aliphatic rings. The summed E-state index contributed by atoms with van der Waals surface area (Å²) in [6.45, 7) is 2.38. The van der Waals surface area contributed by atoms with Crippen LogP contribution in [-0.2, 0) is 11.3 Å². The molecule has 0 bridgehead atoms. The van der Waals surface area contributed by atoms with Gasteiger partial charge in [-0.15, -0.1) is 0 Å². The third-order valence-electron chi connectivity index (χ3n) is 5.85. The molecule has 1 saturated heterocycles. The Morgan fingerprint density at radius 2 is 1.53 bits per heavy atom. The lowest BCUT2D eigenvalue weighted by Crippen LogP contribution is -2.53. The standard InChI is InChI=1S/C22H33N5O3/c23-20(24)18-10-8-17(9-11-18)16-25-21(28)26-12-14-27(15-13-26)22(29)30-19-6-4-2-1-3-5-7-19/h8-11,19H,1-7,12-16H2,(H3,23,24)(H,25,28). The summed E-state index contributed by atoms with van der Waals surface area (Å²) in [4.78, 5) is 28.4. The molecular formula is C22H33N5O3. The highest BCUT2D eigenvalue weighted by Crippen LogP contribution is 2.20. The maximum atomic E-state index is 12.5. The predicted octanol–water partition coefficient (Wildman–Crippen LogP) is 3.05. The van der Waals surface area contributed by atoms with E-state index < -0.39 is 0 Å². The molecule has 0 aromatic heterocycles. The van der Waals surface area contributed by atoms with Crippen molar-refractivity contribution < 1.29 is 14.3 Å². The van der Waals surface area contributed by atoms with Crippen LogP contribution in [0.4, 0.5) is 9.59 Å². The van der Waals surface area contributed by atoms with Gasteiger partial charge < -0.3 is 25.6 Å². The monoisotopic (exact) mass is 415 g/mol. The molecule has 164 valence electrons. The first-order chi connectivity index (χ1) is 14.5. The summed E-state index contributed by atoms with van der Waals surface area (Å²) in [5.74, 6) is 0.0246. The summed E-state index contributed by atoms with van der Waals surface area (Å²) in [5, 5.41) is 10.3. The van der Waals surface area contributed by atoms with Gasteiger partial charge in [-0.2, -0.15) is 0 Å². The second-order valence-corrected chi connectivity index (χ2v) is 8.09. The number of hydrogen-bond donors (Lipinski definition) is 3. The minimum absolute atomic E-state index is 0.0246. The van der Waals surface area contributed by atoms with Crippen molar-refractivity contribution in [3.63, 3.8) is 0 Å². The van der Waals surface area contributed by atoms with Gasteiger partial charge >= 0.3 is 12.1 Å². The van der Waals surface area contributed by atoms with Crippen LogP contribution in [0.2, 0.25) is 0 Å². The van der Waals surface area contributed by atoms with Gasteiger partial charge in [0.2, 0.25) is 0 Å². The first-order valence-electron chi connectivity index (χ1n) is 10.9. The first kappa shape index (κ1) is 21.9.